The number of aliphatic imine (C=N–C) groups is 1. The monoisotopic (exact) mass is 332 g/mol. The molecule has 7 atom stereocenters. The van der Waals surface area contributed by atoms with Crippen LogP contribution in [0.1, 0.15) is 45.4 Å². The van der Waals surface area contributed by atoms with Crippen LogP contribution in [-0.4, -0.2) is 46.8 Å². The average Bonchev–Trinajstić information content (AvgIpc) is 2.74. The molecule has 0 aromatic carbocycles. The van der Waals surface area contributed by atoms with Crippen LogP contribution < -0.4 is 5.73 Å². The summed E-state index contributed by atoms with van der Waals surface area (Å²) < 4.78 is 19.8. The number of nitrogens with two attached hydrogens (primary N) is 1. The highest BCUT2D eigenvalue weighted by Crippen LogP contribution is 2.49. The van der Waals surface area contributed by atoms with Crippen LogP contribution in [0.4, 0.5) is 4.39 Å². The van der Waals surface area contributed by atoms with E-state index in [-0.39, 0.29) is 41.6 Å². The molecule has 0 aromatic heterocycles. The standard InChI is InChI=1S/C16H26ClFN2O2/c1-2-22-14-6-4-10(18)8-12(14)16(21)11-7-9(17)3-5-13(11)20-15(16)19/h9-14,21H,2-8H2,1H3,(H2,19,20). The Bertz CT molecular complexity index is 450. The minimum Gasteiger partial charge on any atom is -0.385 e. The molecule has 0 amide bonds. The Morgan fingerprint density at radius 2 is 2.09 bits per heavy atom. The summed E-state index contributed by atoms with van der Waals surface area (Å²) in [6.45, 7) is 2.48. The summed E-state index contributed by atoms with van der Waals surface area (Å²) in [6, 6.07) is 0.0160. The molecule has 0 bridgehead atoms. The van der Waals surface area contributed by atoms with Crippen LogP contribution in [0.25, 0.3) is 0 Å². The van der Waals surface area contributed by atoms with E-state index in [1.807, 2.05) is 6.92 Å². The number of ether oxygens (including phenoxy) is 1. The first kappa shape index (κ1) is 16.5. The molecule has 0 aromatic rings. The van der Waals surface area contributed by atoms with Crippen molar-refractivity contribution >= 4 is 17.4 Å². The van der Waals surface area contributed by atoms with E-state index < -0.39 is 11.8 Å². The van der Waals surface area contributed by atoms with Crippen molar-refractivity contribution < 1.29 is 14.2 Å². The summed E-state index contributed by atoms with van der Waals surface area (Å²) in [5.41, 5.74) is 4.86. The van der Waals surface area contributed by atoms with E-state index in [9.17, 15) is 9.50 Å². The highest BCUT2D eigenvalue weighted by Gasteiger charge is 2.58. The summed E-state index contributed by atoms with van der Waals surface area (Å²) in [4.78, 5) is 4.50. The molecule has 7 unspecified atom stereocenters. The summed E-state index contributed by atoms with van der Waals surface area (Å²) in [6.07, 6.45) is 2.73. The van der Waals surface area contributed by atoms with Crippen LogP contribution in [0.5, 0.6) is 0 Å². The largest absolute Gasteiger partial charge is 0.385 e. The van der Waals surface area contributed by atoms with Crippen LogP contribution in [0.15, 0.2) is 4.99 Å². The Morgan fingerprint density at radius 1 is 1.32 bits per heavy atom. The van der Waals surface area contributed by atoms with E-state index in [0.29, 0.717) is 25.9 Å². The van der Waals surface area contributed by atoms with E-state index in [1.54, 1.807) is 0 Å². The zero-order chi connectivity index (χ0) is 15.9. The molecule has 4 nitrogen and oxygen atoms in total. The summed E-state index contributed by atoms with van der Waals surface area (Å²) in [7, 11) is 0. The summed E-state index contributed by atoms with van der Waals surface area (Å²) in [5.74, 6) is -0.184. The van der Waals surface area contributed by atoms with Crippen LogP contribution in [0.3, 0.4) is 0 Å². The van der Waals surface area contributed by atoms with Crippen LogP contribution in [-0.2, 0) is 4.74 Å². The second-order valence-corrected chi connectivity index (χ2v) is 7.55. The molecule has 22 heavy (non-hydrogen) atoms. The molecule has 3 aliphatic rings. The van der Waals surface area contributed by atoms with E-state index in [2.05, 4.69) is 4.99 Å². The lowest BCUT2D eigenvalue weighted by atomic mass is 9.64. The van der Waals surface area contributed by atoms with Gasteiger partial charge in [-0.2, -0.15) is 0 Å². The molecule has 3 rings (SSSR count). The fourth-order valence-corrected chi connectivity index (χ4v) is 4.95. The predicted octanol–water partition coefficient (Wildman–Crippen LogP) is 2.41. The van der Waals surface area contributed by atoms with Crippen molar-refractivity contribution in [2.24, 2.45) is 22.6 Å². The lowest BCUT2D eigenvalue weighted by Crippen LogP contribution is -2.59. The van der Waals surface area contributed by atoms with Gasteiger partial charge >= 0.3 is 0 Å². The molecule has 2 saturated carbocycles. The van der Waals surface area contributed by atoms with Crippen molar-refractivity contribution in [3.63, 3.8) is 0 Å². The first-order valence-electron chi connectivity index (χ1n) is 8.42. The zero-order valence-electron chi connectivity index (χ0n) is 13.0. The van der Waals surface area contributed by atoms with Gasteiger partial charge in [-0.05, 0) is 45.4 Å². The SMILES string of the molecule is CCOC1CCC(F)CC1C1(O)C(N)=NC2CCC(Cl)CC21. The Labute approximate surface area is 136 Å². The Morgan fingerprint density at radius 3 is 2.82 bits per heavy atom. The smallest absolute Gasteiger partial charge is 0.131 e. The van der Waals surface area contributed by atoms with Gasteiger partial charge in [-0.15, -0.1) is 11.6 Å². The second kappa shape index (κ2) is 6.25. The molecule has 126 valence electrons. The maximum atomic E-state index is 14.0. The van der Waals surface area contributed by atoms with Crippen molar-refractivity contribution in [3.8, 4) is 0 Å². The first-order valence-corrected chi connectivity index (χ1v) is 8.86. The van der Waals surface area contributed by atoms with E-state index in [0.717, 1.165) is 12.8 Å². The minimum absolute atomic E-state index is 0.0160. The topological polar surface area (TPSA) is 67.8 Å². The molecular weight excluding hydrogens is 307 g/mol. The third-order valence-corrected chi connectivity index (χ3v) is 6.10. The van der Waals surface area contributed by atoms with Crippen molar-refractivity contribution in [1.82, 2.24) is 0 Å². The fourth-order valence-electron chi connectivity index (χ4n) is 4.64. The number of aliphatic hydroxyl groups is 1. The number of fused-ring (bicyclic) bond motifs is 1. The molecule has 6 heteroatoms. The quantitative estimate of drug-likeness (QED) is 0.780. The third kappa shape index (κ3) is 2.65. The average molecular weight is 333 g/mol. The normalized spacial score (nSPS) is 48.8. The maximum Gasteiger partial charge on any atom is 0.131 e. The van der Waals surface area contributed by atoms with E-state index >= 15 is 0 Å². The van der Waals surface area contributed by atoms with Gasteiger partial charge in [-0.25, -0.2) is 4.39 Å². The van der Waals surface area contributed by atoms with Gasteiger partial charge in [0.05, 0.1) is 12.1 Å². The van der Waals surface area contributed by atoms with Gasteiger partial charge in [-0.3, -0.25) is 4.99 Å². The third-order valence-electron chi connectivity index (χ3n) is 5.70. The molecule has 1 heterocycles. The van der Waals surface area contributed by atoms with Crippen molar-refractivity contribution in [2.75, 3.05) is 6.61 Å². The van der Waals surface area contributed by atoms with Gasteiger partial charge in [0, 0.05) is 23.8 Å². The Kier molecular flexibility index (Phi) is 4.68. The first-order chi connectivity index (χ1) is 10.5. The number of hydrogen-bond acceptors (Lipinski definition) is 4. The number of rotatable bonds is 3. The van der Waals surface area contributed by atoms with Crippen molar-refractivity contribution in [2.45, 2.75) is 74.7 Å². The molecule has 0 spiro atoms. The number of hydrogen-bond donors (Lipinski definition) is 2. The highest BCUT2D eigenvalue weighted by atomic mass is 35.5. The molecular formula is C16H26ClFN2O2. The van der Waals surface area contributed by atoms with E-state index in [1.165, 1.54) is 0 Å². The van der Waals surface area contributed by atoms with E-state index in [4.69, 9.17) is 22.1 Å². The molecule has 2 fully saturated rings. The number of amidine groups is 1. The second-order valence-electron chi connectivity index (χ2n) is 6.93. The van der Waals surface area contributed by atoms with Gasteiger partial charge in [0.25, 0.3) is 0 Å². The maximum absolute atomic E-state index is 14.0. The number of nitrogens with zero attached hydrogens (tertiary/aromatic N) is 1. The van der Waals surface area contributed by atoms with Gasteiger partial charge in [-0.1, -0.05) is 0 Å². The van der Waals surface area contributed by atoms with Gasteiger partial charge in [0.2, 0.25) is 0 Å². The van der Waals surface area contributed by atoms with Gasteiger partial charge in [0.1, 0.15) is 17.6 Å². The lowest BCUT2D eigenvalue weighted by molar-refractivity contribution is -0.114. The number of alkyl halides is 2. The lowest BCUT2D eigenvalue weighted by Gasteiger charge is -2.46. The van der Waals surface area contributed by atoms with Crippen LogP contribution >= 0.6 is 11.6 Å². The zero-order valence-corrected chi connectivity index (χ0v) is 13.8. The molecule has 1 aliphatic heterocycles. The fraction of sp³-hybridized carbons (Fsp3) is 0.938. The summed E-state index contributed by atoms with van der Waals surface area (Å²) >= 11 is 6.32. The Hall–Kier alpha value is -0.390. The van der Waals surface area contributed by atoms with Crippen LogP contribution in [0.2, 0.25) is 0 Å². The Balaban J connectivity index is 1.90. The predicted molar refractivity (Wildman–Crippen MR) is 85.0 cm³/mol. The number of halogens is 2. The van der Waals surface area contributed by atoms with Gasteiger partial charge < -0.3 is 15.6 Å². The van der Waals surface area contributed by atoms with Crippen molar-refractivity contribution in [1.29, 1.82) is 0 Å². The van der Waals surface area contributed by atoms with Crippen molar-refractivity contribution in [3.05, 3.63) is 0 Å². The molecule has 3 N–H and O–H groups in total. The highest BCUT2D eigenvalue weighted by molar-refractivity contribution is 6.20. The molecule has 0 saturated heterocycles. The molecule has 2 aliphatic carbocycles. The van der Waals surface area contributed by atoms with Crippen LogP contribution in [0, 0.1) is 11.8 Å². The minimum atomic E-state index is -1.27. The van der Waals surface area contributed by atoms with Gasteiger partial charge in [0.15, 0.2) is 0 Å². The summed E-state index contributed by atoms with van der Waals surface area (Å²) in [5, 5.41) is 11.5. The molecule has 0 radical (unpaired) electrons.